The van der Waals surface area contributed by atoms with Crippen LogP contribution in [0.15, 0.2) is 186 Å². The Labute approximate surface area is 337 Å². The Morgan fingerprint density at radius 1 is 0.390 bits per heavy atom. The van der Waals surface area contributed by atoms with Crippen molar-refractivity contribution in [1.82, 2.24) is 24.1 Å². The Bertz CT molecular complexity index is 3670. The van der Waals surface area contributed by atoms with E-state index in [1.165, 1.54) is 0 Å². The lowest BCUT2D eigenvalue weighted by molar-refractivity contribution is 0.677. The minimum absolute atomic E-state index is 0.509. The summed E-state index contributed by atoms with van der Waals surface area (Å²) in [6, 6.07) is 64.4. The highest BCUT2D eigenvalue weighted by Gasteiger charge is 2.22. The third-order valence-electron chi connectivity index (χ3n) is 11.4. The first-order valence-electron chi connectivity index (χ1n) is 19.5. The van der Waals surface area contributed by atoms with Crippen molar-refractivity contribution in [3.63, 3.8) is 0 Å². The second-order valence-electron chi connectivity index (χ2n) is 14.7. The lowest BCUT2D eigenvalue weighted by Gasteiger charge is -2.11. The summed E-state index contributed by atoms with van der Waals surface area (Å²) in [7, 11) is 0. The summed E-state index contributed by atoms with van der Waals surface area (Å²) in [5.74, 6) is 1.62. The van der Waals surface area contributed by atoms with Gasteiger partial charge in [-0.1, -0.05) is 97.1 Å². The molecule has 4 heterocycles. The first kappa shape index (κ1) is 32.9. The molecule has 0 fully saturated rings. The highest BCUT2D eigenvalue weighted by molar-refractivity contribution is 6.29. The maximum absolute atomic E-state index is 9.59. The molecule has 12 rings (SSSR count). The molecule has 7 heteroatoms. The van der Waals surface area contributed by atoms with Crippen LogP contribution >= 0.6 is 0 Å². The van der Waals surface area contributed by atoms with Crippen molar-refractivity contribution >= 4 is 65.6 Å². The molecule has 7 nitrogen and oxygen atoms in total. The van der Waals surface area contributed by atoms with Gasteiger partial charge < -0.3 is 13.6 Å². The first-order valence-corrected chi connectivity index (χ1v) is 19.5. The summed E-state index contributed by atoms with van der Waals surface area (Å²) in [5.41, 5.74) is 11.3. The fourth-order valence-corrected chi connectivity index (χ4v) is 8.77. The Hall–Kier alpha value is -8.34. The van der Waals surface area contributed by atoms with E-state index in [1.54, 1.807) is 6.07 Å². The number of hydrogen-bond acceptors (Lipinski definition) is 5. The monoisotopic (exact) mass is 754 g/mol. The minimum Gasteiger partial charge on any atom is -0.455 e. The Balaban J connectivity index is 1.03. The van der Waals surface area contributed by atoms with E-state index in [2.05, 4.69) is 143 Å². The van der Waals surface area contributed by atoms with Crippen molar-refractivity contribution in [1.29, 1.82) is 5.26 Å². The molecule has 0 saturated heterocycles. The molecule has 0 N–H and O–H groups in total. The summed E-state index contributed by atoms with van der Waals surface area (Å²) >= 11 is 0. The van der Waals surface area contributed by atoms with E-state index in [0.717, 1.165) is 93.6 Å². The highest BCUT2D eigenvalue weighted by Crippen LogP contribution is 2.44. The number of furan rings is 1. The zero-order chi connectivity index (χ0) is 39.0. The van der Waals surface area contributed by atoms with Crippen LogP contribution in [0.25, 0.3) is 111 Å². The molecule has 8 aromatic carbocycles. The van der Waals surface area contributed by atoms with Crippen LogP contribution in [-0.2, 0) is 0 Å². The van der Waals surface area contributed by atoms with Gasteiger partial charge in [0.1, 0.15) is 11.2 Å². The quantitative estimate of drug-likeness (QED) is 0.175. The lowest BCUT2D eigenvalue weighted by Crippen LogP contribution is -2.00. The van der Waals surface area contributed by atoms with E-state index in [1.807, 2.05) is 48.5 Å². The van der Waals surface area contributed by atoms with E-state index < -0.39 is 0 Å². The number of nitriles is 1. The van der Waals surface area contributed by atoms with Crippen LogP contribution in [0.3, 0.4) is 0 Å². The summed E-state index contributed by atoms with van der Waals surface area (Å²) in [4.78, 5) is 14.7. The number of benzene rings is 8. The van der Waals surface area contributed by atoms with Crippen molar-refractivity contribution < 1.29 is 4.42 Å². The topological polar surface area (TPSA) is 85.5 Å². The smallest absolute Gasteiger partial charge is 0.164 e. The van der Waals surface area contributed by atoms with Gasteiger partial charge in [-0.05, 0) is 84.9 Å². The summed E-state index contributed by atoms with van der Waals surface area (Å²) in [6.45, 7) is 0. The van der Waals surface area contributed by atoms with Crippen molar-refractivity contribution in [2.75, 3.05) is 0 Å². The average molecular weight is 755 g/mol. The third kappa shape index (κ3) is 5.04. The van der Waals surface area contributed by atoms with E-state index in [0.29, 0.717) is 23.0 Å². The van der Waals surface area contributed by atoms with Crippen LogP contribution in [-0.4, -0.2) is 24.1 Å². The van der Waals surface area contributed by atoms with Gasteiger partial charge >= 0.3 is 0 Å². The fraction of sp³-hybridized carbons (Fsp3) is 0. The molecule has 0 radical (unpaired) electrons. The summed E-state index contributed by atoms with van der Waals surface area (Å²) in [5, 5.41) is 16.2. The molecule has 0 saturated carbocycles. The predicted molar refractivity (Wildman–Crippen MR) is 237 cm³/mol. The maximum atomic E-state index is 9.59. The molecule has 0 aliphatic rings. The molecule has 0 aliphatic carbocycles. The van der Waals surface area contributed by atoms with Gasteiger partial charge in [0.25, 0.3) is 0 Å². The van der Waals surface area contributed by atoms with Gasteiger partial charge in [0.2, 0.25) is 0 Å². The van der Waals surface area contributed by atoms with Crippen molar-refractivity contribution in [3.8, 4) is 51.6 Å². The van der Waals surface area contributed by atoms with E-state index in [-0.39, 0.29) is 0 Å². The number of para-hydroxylation sites is 3. The lowest BCUT2D eigenvalue weighted by atomic mass is 10.1. The Kier molecular flexibility index (Phi) is 7.16. The van der Waals surface area contributed by atoms with Gasteiger partial charge in [0.15, 0.2) is 17.5 Å². The molecule has 12 aromatic rings. The van der Waals surface area contributed by atoms with Crippen LogP contribution in [0.4, 0.5) is 0 Å². The highest BCUT2D eigenvalue weighted by atomic mass is 16.3. The minimum atomic E-state index is 0.509. The molecule has 0 unspecified atom stereocenters. The second kappa shape index (κ2) is 12.8. The standard InChI is InChI=1S/C52H30N6O/c53-31-32-12-11-15-35(30-32)52-55-50(33-13-3-1-4-14-33)54-51(56-52)34-22-24-37(25-23-34)58-43-21-10-8-19-41(43)47-45(58)29-27-39-38-26-28-44-46(48(38)59-49(39)47)40-18-7-9-20-42(40)57(44)36-16-5-2-6-17-36/h1-30H. The van der Waals surface area contributed by atoms with Gasteiger partial charge in [-0.15, -0.1) is 0 Å². The van der Waals surface area contributed by atoms with Crippen LogP contribution in [0.2, 0.25) is 0 Å². The predicted octanol–water partition coefficient (Wildman–Crippen LogP) is 12.8. The number of hydrogen-bond donors (Lipinski definition) is 0. The van der Waals surface area contributed by atoms with Gasteiger partial charge in [0.05, 0.1) is 44.5 Å². The summed E-state index contributed by atoms with van der Waals surface area (Å²) < 4.78 is 11.7. The van der Waals surface area contributed by atoms with Gasteiger partial charge in [0, 0.05) is 49.6 Å². The molecule has 0 aliphatic heterocycles. The van der Waals surface area contributed by atoms with Gasteiger partial charge in [-0.3, -0.25) is 0 Å². The zero-order valence-corrected chi connectivity index (χ0v) is 31.4. The number of rotatable bonds is 5. The molecule has 59 heavy (non-hydrogen) atoms. The van der Waals surface area contributed by atoms with Crippen LogP contribution in [0, 0.1) is 11.3 Å². The zero-order valence-electron chi connectivity index (χ0n) is 31.4. The molecular weight excluding hydrogens is 725 g/mol. The van der Waals surface area contributed by atoms with Crippen molar-refractivity contribution in [3.05, 3.63) is 188 Å². The van der Waals surface area contributed by atoms with E-state index in [4.69, 9.17) is 19.4 Å². The van der Waals surface area contributed by atoms with Crippen molar-refractivity contribution in [2.24, 2.45) is 0 Å². The van der Waals surface area contributed by atoms with Crippen LogP contribution in [0.5, 0.6) is 0 Å². The molecule has 0 spiro atoms. The van der Waals surface area contributed by atoms with E-state index in [9.17, 15) is 5.26 Å². The first-order chi connectivity index (χ1) is 29.2. The molecule has 0 atom stereocenters. The average Bonchev–Trinajstić information content (AvgIpc) is 3.97. The number of aromatic nitrogens is 5. The normalized spacial score (nSPS) is 11.7. The summed E-state index contributed by atoms with van der Waals surface area (Å²) in [6.07, 6.45) is 0. The molecular formula is C52H30N6O. The van der Waals surface area contributed by atoms with Crippen LogP contribution < -0.4 is 0 Å². The molecule has 4 aromatic heterocycles. The number of fused-ring (bicyclic) bond motifs is 11. The van der Waals surface area contributed by atoms with E-state index >= 15 is 0 Å². The number of nitrogens with zero attached hydrogens (tertiary/aromatic N) is 6. The second-order valence-corrected chi connectivity index (χ2v) is 14.7. The fourth-order valence-electron chi connectivity index (χ4n) is 8.77. The molecule has 0 bridgehead atoms. The molecule has 274 valence electrons. The van der Waals surface area contributed by atoms with Crippen LogP contribution in [0.1, 0.15) is 5.56 Å². The van der Waals surface area contributed by atoms with Gasteiger partial charge in [-0.2, -0.15) is 5.26 Å². The molecule has 0 amide bonds. The largest absolute Gasteiger partial charge is 0.455 e. The Morgan fingerprint density at radius 3 is 1.44 bits per heavy atom. The SMILES string of the molecule is N#Cc1cccc(-c2nc(-c3ccccc3)nc(-c3ccc(-n4c5ccccc5c5c6oc7c(ccc8c7c7ccccc7n8-c7ccccc7)c6ccc54)cc3)n2)c1. The van der Waals surface area contributed by atoms with Crippen molar-refractivity contribution in [2.45, 2.75) is 0 Å². The van der Waals surface area contributed by atoms with Gasteiger partial charge in [-0.25, -0.2) is 15.0 Å². The third-order valence-corrected chi connectivity index (χ3v) is 11.4. The maximum Gasteiger partial charge on any atom is 0.164 e. The Morgan fingerprint density at radius 2 is 0.864 bits per heavy atom.